The number of nitrogens with zero attached hydrogens (tertiary/aromatic N) is 3. The summed E-state index contributed by atoms with van der Waals surface area (Å²) in [5, 5.41) is 3.00. The predicted molar refractivity (Wildman–Crippen MR) is 117 cm³/mol. The maximum absolute atomic E-state index is 13.0. The number of fused-ring (bicyclic) bond motifs is 1. The van der Waals surface area contributed by atoms with Crippen LogP contribution in [0.25, 0.3) is 22.3 Å². The number of imidazole rings is 1. The fourth-order valence-corrected chi connectivity index (χ4v) is 5.90. The number of amides is 1. The van der Waals surface area contributed by atoms with Crippen molar-refractivity contribution in [1.82, 2.24) is 19.9 Å². The minimum Gasteiger partial charge on any atom is -0.497 e. The summed E-state index contributed by atoms with van der Waals surface area (Å²) < 4.78 is 31.4. The summed E-state index contributed by atoms with van der Waals surface area (Å²) >= 11 is 0. The Hall–Kier alpha value is -2.94. The summed E-state index contributed by atoms with van der Waals surface area (Å²) in [6.07, 6.45) is 2.49. The molecule has 1 aliphatic carbocycles. The number of ether oxygens (including phenoxy) is 1. The molecule has 0 spiro atoms. The van der Waals surface area contributed by atoms with E-state index >= 15 is 0 Å². The number of pyridine rings is 1. The summed E-state index contributed by atoms with van der Waals surface area (Å²) in [6.45, 7) is 1.85. The van der Waals surface area contributed by atoms with E-state index in [1.165, 1.54) is 0 Å². The standard InChI is InChI=1S/C22H24N4O4S/c1-13-23-20-19(26(13)16-9-10-31(28,29)12-16)11-18(14-3-7-17(30-2)8-4-14)25-21(20)22(27)24-15-5-6-15/h3-4,7-8,11,15-16H,5-6,9-10,12H2,1-2H3,(H,24,27). The third-order valence-electron chi connectivity index (χ3n) is 5.94. The molecule has 0 radical (unpaired) electrons. The van der Waals surface area contributed by atoms with Crippen LogP contribution < -0.4 is 10.1 Å². The minimum absolute atomic E-state index is 0.0864. The first-order valence-electron chi connectivity index (χ1n) is 10.4. The van der Waals surface area contributed by atoms with Crippen molar-refractivity contribution in [1.29, 1.82) is 0 Å². The van der Waals surface area contributed by atoms with Gasteiger partial charge in [-0.1, -0.05) is 0 Å². The maximum atomic E-state index is 13.0. The fourth-order valence-electron chi connectivity index (χ4n) is 4.20. The minimum atomic E-state index is -3.07. The van der Waals surface area contributed by atoms with Crippen molar-refractivity contribution in [2.45, 2.75) is 38.3 Å². The molecule has 3 heterocycles. The topological polar surface area (TPSA) is 103 Å². The molecule has 1 amide bonds. The van der Waals surface area contributed by atoms with Crippen molar-refractivity contribution < 1.29 is 17.9 Å². The van der Waals surface area contributed by atoms with Crippen LogP contribution >= 0.6 is 0 Å². The average molecular weight is 441 g/mol. The molecule has 9 heteroatoms. The van der Waals surface area contributed by atoms with Gasteiger partial charge in [0.05, 0.1) is 35.9 Å². The van der Waals surface area contributed by atoms with Gasteiger partial charge in [-0.05, 0) is 56.5 Å². The number of rotatable bonds is 5. The van der Waals surface area contributed by atoms with Gasteiger partial charge < -0.3 is 14.6 Å². The van der Waals surface area contributed by atoms with E-state index in [1.54, 1.807) is 7.11 Å². The van der Waals surface area contributed by atoms with E-state index in [-0.39, 0.29) is 35.2 Å². The normalized spacial score (nSPS) is 20.1. The Kier molecular flexibility index (Phi) is 4.73. The van der Waals surface area contributed by atoms with E-state index in [0.717, 1.165) is 29.7 Å². The first kappa shape index (κ1) is 20.0. The number of hydrogen-bond donors (Lipinski definition) is 1. The number of aryl methyl sites for hydroxylation is 1. The van der Waals surface area contributed by atoms with Gasteiger partial charge in [0, 0.05) is 11.6 Å². The number of nitrogens with one attached hydrogen (secondary N) is 1. The van der Waals surface area contributed by atoms with Crippen LogP contribution in [0.15, 0.2) is 30.3 Å². The summed E-state index contributed by atoms with van der Waals surface area (Å²) in [5.41, 5.74) is 3.00. The van der Waals surface area contributed by atoms with Gasteiger partial charge in [-0.2, -0.15) is 0 Å². The molecule has 1 aliphatic heterocycles. The molecule has 0 bridgehead atoms. The highest BCUT2D eigenvalue weighted by Gasteiger charge is 2.33. The summed E-state index contributed by atoms with van der Waals surface area (Å²) in [7, 11) is -1.46. The molecule has 1 aromatic carbocycles. The number of methoxy groups -OCH3 is 1. The third-order valence-corrected chi connectivity index (χ3v) is 7.69. The molecule has 5 rings (SSSR count). The second kappa shape index (κ2) is 7.33. The van der Waals surface area contributed by atoms with Crippen molar-refractivity contribution in [3.8, 4) is 17.0 Å². The van der Waals surface area contributed by atoms with Crippen LogP contribution in [0.3, 0.4) is 0 Å². The number of benzene rings is 1. The van der Waals surface area contributed by atoms with Crippen LogP contribution in [0.5, 0.6) is 5.75 Å². The Morgan fingerprint density at radius 1 is 1.16 bits per heavy atom. The Balaban J connectivity index is 1.68. The highest BCUT2D eigenvalue weighted by Crippen LogP contribution is 2.33. The van der Waals surface area contributed by atoms with Crippen LogP contribution in [-0.2, 0) is 9.84 Å². The van der Waals surface area contributed by atoms with Crippen LogP contribution in [0.2, 0.25) is 0 Å². The van der Waals surface area contributed by atoms with E-state index in [0.29, 0.717) is 23.5 Å². The van der Waals surface area contributed by atoms with Gasteiger partial charge >= 0.3 is 0 Å². The molecule has 1 saturated carbocycles. The van der Waals surface area contributed by atoms with Gasteiger partial charge in [0.25, 0.3) is 5.91 Å². The molecular formula is C22H24N4O4S. The van der Waals surface area contributed by atoms with Gasteiger partial charge in [-0.15, -0.1) is 0 Å². The Bertz CT molecular complexity index is 1280. The molecule has 2 aliphatic rings. The zero-order valence-electron chi connectivity index (χ0n) is 17.5. The Morgan fingerprint density at radius 2 is 1.90 bits per heavy atom. The van der Waals surface area contributed by atoms with Crippen LogP contribution in [-0.4, -0.2) is 53.5 Å². The lowest BCUT2D eigenvalue weighted by molar-refractivity contribution is 0.0948. The van der Waals surface area contributed by atoms with Crippen molar-refractivity contribution in [2.24, 2.45) is 0 Å². The van der Waals surface area contributed by atoms with Gasteiger partial charge in [0.1, 0.15) is 17.1 Å². The molecule has 1 N–H and O–H groups in total. The van der Waals surface area contributed by atoms with Crippen molar-refractivity contribution in [3.63, 3.8) is 0 Å². The zero-order chi connectivity index (χ0) is 21.8. The van der Waals surface area contributed by atoms with Crippen molar-refractivity contribution in [2.75, 3.05) is 18.6 Å². The predicted octanol–water partition coefficient (Wildman–Crippen LogP) is 2.67. The molecule has 3 aromatic rings. The first-order valence-corrected chi connectivity index (χ1v) is 12.2. The largest absolute Gasteiger partial charge is 0.497 e. The van der Waals surface area contributed by atoms with Crippen molar-refractivity contribution in [3.05, 3.63) is 41.9 Å². The molecule has 1 unspecified atom stereocenters. The maximum Gasteiger partial charge on any atom is 0.272 e. The highest BCUT2D eigenvalue weighted by atomic mass is 32.2. The molecular weight excluding hydrogens is 416 g/mol. The molecule has 1 atom stereocenters. The van der Waals surface area contributed by atoms with Gasteiger partial charge in [-0.25, -0.2) is 18.4 Å². The molecule has 2 aromatic heterocycles. The van der Waals surface area contributed by atoms with Gasteiger partial charge in [0.2, 0.25) is 0 Å². The van der Waals surface area contributed by atoms with Crippen LogP contribution in [0.1, 0.15) is 41.6 Å². The lowest BCUT2D eigenvalue weighted by Gasteiger charge is -2.15. The van der Waals surface area contributed by atoms with E-state index < -0.39 is 9.84 Å². The average Bonchev–Trinajstić information content (AvgIpc) is 3.40. The number of sulfone groups is 1. The number of aromatic nitrogens is 3. The molecule has 1 saturated heterocycles. The SMILES string of the molecule is COc1ccc(-c2cc3c(nc(C)n3C3CCS(=O)(=O)C3)c(C(=O)NC3CC3)n2)cc1. The number of hydrogen-bond acceptors (Lipinski definition) is 6. The molecule has 8 nitrogen and oxygen atoms in total. The van der Waals surface area contributed by atoms with Crippen molar-refractivity contribution >= 4 is 26.8 Å². The zero-order valence-corrected chi connectivity index (χ0v) is 18.3. The quantitative estimate of drug-likeness (QED) is 0.654. The fraction of sp³-hybridized carbons (Fsp3) is 0.409. The van der Waals surface area contributed by atoms with E-state index in [1.807, 2.05) is 41.8 Å². The third kappa shape index (κ3) is 3.78. The van der Waals surface area contributed by atoms with E-state index in [2.05, 4.69) is 15.3 Å². The Morgan fingerprint density at radius 3 is 2.52 bits per heavy atom. The summed E-state index contributed by atoms with van der Waals surface area (Å²) in [6, 6.07) is 9.37. The smallest absolute Gasteiger partial charge is 0.272 e. The van der Waals surface area contributed by atoms with E-state index in [4.69, 9.17) is 4.74 Å². The Labute approximate surface area is 180 Å². The second-order valence-electron chi connectivity index (χ2n) is 8.29. The van der Waals surface area contributed by atoms with Gasteiger partial charge in [-0.3, -0.25) is 4.79 Å². The van der Waals surface area contributed by atoms with E-state index in [9.17, 15) is 13.2 Å². The first-order chi connectivity index (χ1) is 14.8. The lowest BCUT2D eigenvalue weighted by Crippen LogP contribution is -2.26. The number of carbonyl (C=O) groups is 1. The highest BCUT2D eigenvalue weighted by molar-refractivity contribution is 7.91. The molecule has 31 heavy (non-hydrogen) atoms. The lowest BCUT2D eigenvalue weighted by atomic mass is 10.1. The monoisotopic (exact) mass is 440 g/mol. The summed E-state index contributed by atoms with van der Waals surface area (Å²) in [4.78, 5) is 22.3. The van der Waals surface area contributed by atoms with Gasteiger partial charge in [0.15, 0.2) is 15.5 Å². The van der Waals surface area contributed by atoms with Crippen LogP contribution in [0, 0.1) is 6.92 Å². The summed E-state index contributed by atoms with van der Waals surface area (Å²) in [5.74, 6) is 1.43. The second-order valence-corrected chi connectivity index (χ2v) is 10.5. The molecule has 2 fully saturated rings. The number of carbonyl (C=O) groups excluding carboxylic acids is 1. The molecule has 162 valence electrons. The van der Waals surface area contributed by atoms with Crippen LogP contribution in [0.4, 0.5) is 0 Å².